The van der Waals surface area contributed by atoms with Crippen molar-refractivity contribution in [3.63, 3.8) is 0 Å². The minimum atomic E-state index is -0.0853. The van der Waals surface area contributed by atoms with E-state index in [0.29, 0.717) is 12.1 Å². The monoisotopic (exact) mass is 376 g/mol. The van der Waals surface area contributed by atoms with Crippen molar-refractivity contribution in [2.75, 3.05) is 36.4 Å². The summed E-state index contributed by atoms with van der Waals surface area (Å²) in [5.41, 5.74) is 2.33. The largest absolute Gasteiger partial charge is 0.320 e. The third kappa shape index (κ3) is 4.25. The minimum Gasteiger partial charge on any atom is -0.320 e. The average Bonchev–Trinajstić information content (AvgIpc) is 2.86. The number of allylic oxidation sites excluding steroid dienone is 1. The van der Waals surface area contributed by atoms with Gasteiger partial charge >= 0.3 is 0 Å². The second kappa shape index (κ2) is 9.02. The molecule has 0 bridgehead atoms. The van der Waals surface area contributed by atoms with Crippen molar-refractivity contribution in [3.8, 4) is 0 Å². The Hall–Kier alpha value is -2.66. The number of benzene rings is 1. The number of anilines is 3. The Kier molecular flexibility index (Phi) is 6.02. The Bertz CT molecular complexity index is 842. The van der Waals surface area contributed by atoms with Crippen molar-refractivity contribution in [3.05, 3.63) is 60.3 Å². The van der Waals surface area contributed by atoms with Crippen molar-refractivity contribution >= 4 is 23.1 Å². The van der Waals surface area contributed by atoms with Crippen LogP contribution in [0, 0.1) is 0 Å². The van der Waals surface area contributed by atoms with Gasteiger partial charge in [0.05, 0.1) is 16.9 Å². The highest BCUT2D eigenvalue weighted by Crippen LogP contribution is 2.35. The van der Waals surface area contributed by atoms with Crippen molar-refractivity contribution in [1.82, 2.24) is 9.88 Å². The van der Waals surface area contributed by atoms with Crippen LogP contribution in [0.4, 0.5) is 17.2 Å². The predicted octanol–water partition coefficient (Wildman–Crippen LogP) is 4.61. The zero-order valence-corrected chi connectivity index (χ0v) is 16.3. The van der Waals surface area contributed by atoms with Crippen LogP contribution >= 0.6 is 0 Å². The molecule has 1 aromatic heterocycles. The van der Waals surface area contributed by atoms with Gasteiger partial charge in [-0.25, -0.2) is 4.98 Å². The van der Waals surface area contributed by atoms with Crippen LogP contribution in [0.5, 0.6) is 0 Å². The van der Waals surface area contributed by atoms with Crippen LogP contribution in [-0.4, -0.2) is 42.0 Å². The number of aromatic nitrogens is 1. The molecular formula is C23H28N4O. The summed E-state index contributed by atoms with van der Waals surface area (Å²) in [6, 6.07) is 11.5. The highest BCUT2D eigenvalue weighted by Gasteiger charge is 2.24. The summed E-state index contributed by atoms with van der Waals surface area (Å²) in [4.78, 5) is 21.8. The number of fused-ring (bicyclic) bond motifs is 2. The van der Waals surface area contributed by atoms with Crippen molar-refractivity contribution in [1.29, 1.82) is 0 Å². The summed E-state index contributed by atoms with van der Waals surface area (Å²) in [6.07, 6.45) is 12.6. The van der Waals surface area contributed by atoms with Gasteiger partial charge in [-0.1, -0.05) is 30.7 Å². The Balaban J connectivity index is 1.43. The fourth-order valence-corrected chi connectivity index (χ4v) is 4.01. The quantitative estimate of drug-likeness (QED) is 0.591. The maximum Gasteiger partial charge on any atom is 0.257 e. The number of nitrogens with zero attached hydrogens (tertiary/aromatic N) is 3. The van der Waals surface area contributed by atoms with Gasteiger partial charge in [-0.15, -0.1) is 0 Å². The molecular weight excluding hydrogens is 348 g/mol. The maximum atomic E-state index is 12.6. The number of para-hydroxylation sites is 1. The fraction of sp³-hybridized carbons (Fsp3) is 0.391. The lowest BCUT2D eigenvalue weighted by molar-refractivity contribution is 0.102. The maximum absolute atomic E-state index is 12.6. The molecule has 1 fully saturated rings. The number of rotatable bonds is 6. The van der Waals surface area contributed by atoms with Crippen molar-refractivity contribution < 1.29 is 4.79 Å². The number of unbranched alkanes of at least 4 members (excludes halogenated alkanes) is 1. The van der Waals surface area contributed by atoms with Gasteiger partial charge in [0.15, 0.2) is 5.82 Å². The first kappa shape index (κ1) is 18.7. The van der Waals surface area contributed by atoms with Crippen LogP contribution in [0.1, 0.15) is 42.5 Å². The number of hydrogen-bond acceptors (Lipinski definition) is 4. The van der Waals surface area contributed by atoms with Gasteiger partial charge in [0.2, 0.25) is 0 Å². The number of pyridine rings is 1. The van der Waals surface area contributed by atoms with E-state index >= 15 is 0 Å². The molecule has 0 unspecified atom stereocenters. The number of piperidine rings is 1. The molecule has 2 aliphatic heterocycles. The zero-order valence-electron chi connectivity index (χ0n) is 16.3. The standard InChI is InChI=1S/C23H28N4O/c28-23-19-11-4-5-13-21(19)27(22-20(25-23)12-10-14-24-22)18-9-2-1-6-15-26-16-7-3-8-17-26/h2,4-5,9-14H,1,3,6-8,15-18H2,(H,25,28). The first-order valence-corrected chi connectivity index (χ1v) is 10.3. The topological polar surface area (TPSA) is 48.5 Å². The molecule has 0 saturated carbocycles. The summed E-state index contributed by atoms with van der Waals surface area (Å²) < 4.78 is 0. The van der Waals surface area contributed by atoms with Crippen LogP contribution in [0.25, 0.3) is 0 Å². The van der Waals surface area contributed by atoms with Crippen LogP contribution in [0.3, 0.4) is 0 Å². The molecule has 4 rings (SSSR count). The van der Waals surface area contributed by atoms with E-state index in [1.807, 2.05) is 36.4 Å². The van der Waals surface area contributed by atoms with Gasteiger partial charge < -0.3 is 15.1 Å². The second-order valence-corrected chi connectivity index (χ2v) is 7.47. The SMILES string of the molecule is O=C1Nc2cccnc2N(CC=CCCCN2CCCCC2)c2ccccc21. The Morgan fingerprint density at radius 3 is 2.79 bits per heavy atom. The number of carbonyl (C=O) groups is 1. The molecule has 0 radical (unpaired) electrons. The molecule has 1 N–H and O–H groups in total. The molecule has 5 heteroatoms. The summed E-state index contributed by atoms with van der Waals surface area (Å²) in [5.74, 6) is 0.705. The van der Waals surface area contributed by atoms with Crippen LogP contribution in [-0.2, 0) is 0 Å². The van der Waals surface area contributed by atoms with E-state index in [9.17, 15) is 4.79 Å². The molecule has 1 saturated heterocycles. The number of carbonyl (C=O) groups excluding carboxylic acids is 1. The highest BCUT2D eigenvalue weighted by atomic mass is 16.1. The van der Waals surface area contributed by atoms with Crippen molar-refractivity contribution in [2.24, 2.45) is 0 Å². The molecule has 0 spiro atoms. The number of likely N-dealkylation sites (tertiary alicyclic amines) is 1. The van der Waals surface area contributed by atoms with E-state index in [1.165, 1.54) is 45.3 Å². The van der Waals surface area contributed by atoms with E-state index in [2.05, 4.69) is 32.3 Å². The van der Waals surface area contributed by atoms with Crippen LogP contribution < -0.4 is 10.2 Å². The Labute approximate surface area is 167 Å². The normalized spacial score (nSPS) is 17.1. The van der Waals surface area contributed by atoms with Gasteiger partial charge in [0, 0.05) is 12.7 Å². The third-order valence-corrected chi connectivity index (χ3v) is 5.48. The summed E-state index contributed by atoms with van der Waals surface area (Å²) in [5, 5.41) is 2.98. The molecule has 2 aromatic rings. The summed E-state index contributed by atoms with van der Waals surface area (Å²) >= 11 is 0. The average molecular weight is 377 g/mol. The molecule has 0 aliphatic carbocycles. The van der Waals surface area contributed by atoms with E-state index < -0.39 is 0 Å². The highest BCUT2D eigenvalue weighted by molar-refractivity contribution is 6.12. The predicted molar refractivity (Wildman–Crippen MR) is 114 cm³/mol. The minimum absolute atomic E-state index is 0.0853. The van der Waals surface area contributed by atoms with Gasteiger partial charge in [0.1, 0.15) is 0 Å². The molecule has 5 nitrogen and oxygen atoms in total. The van der Waals surface area contributed by atoms with E-state index in [4.69, 9.17) is 0 Å². The van der Waals surface area contributed by atoms with Crippen molar-refractivity contribution in [2.45, 2.75) is 32.1 Å². The smallest absolute Gasteiger partial charge is 0.257 e. The lowest BCUT2D eigenvalue weighted by Gasteiger charge is -2.26. The summed E-state index contributed by atoms with van der Waals surface area (Å²) in [7, 11) is 0. The molecule has 0 atom stereocenters. The molecule has 1 aromatic carbocycles. The lowest BCUT2D eigenvalue weighted by Crippen LogP contribution is -2.30. The second-order valence-electron chi connectivity index (χ2n) is 7.47. The Morgan fingerprint density at radius 1 is 1.04 bits per heavy atom. The first-order valence-electron chi connectivity index (χ1n) is 10.3. The summed E-state index contributed by atoms with van der Waals surface area (Å²) in [6.45, 7) is 4.41. The lowest BCUT2D eigenvalue weighted by atomic mass is 10.1. The van der Waals surface area contributed by atoms with E-state index in [1.54, 1.807) is 6.20 Å². The van der Waals surface area contributed by atoms with Gasteiger partial charge in [-0.3, -0.25) is 4.79 Å². The molecule has 146 valence electrons. The first-order chi connectivity index (χ1) is 13.8. The third-order valence-electron chi connectivity index (χ3n) is 5.48. The molecule has 2 aliphatic rings. The number of amides is 1. The fourth-order valence-electron chi connectivity index (χ4n) is 4.01. The molecule has 3 heterocycles. The van der Waals surface area contributed by atoms with Gasteiger partial charge in [-0.05, 0) is 69.6 Å². The van der Waals surface area contributed by atoms with Crippen LogP contribution in [0.15, 0.2) is 54.7 Å². The van der Waals surface area contributed by atoms with E-state index in [-0.39, 0.29) is 5.91 Å². The van der Waals surface area contributed by atoms with E-state index in [0.717, 1.165) is 23.6 Å². The number of hydrogen-bond donors (Lipinski definition) is 1. The zero-order chi connectivity index (χ0) is 19.2. The van der Waals surface area contributed by atoms with Gasteiger partial charge in [-0.2, -0.15) is 0 Å². The Morgan fingerprint density at radius 2 is 1.89 bits per heavy atom. The van der Waals surface area contributed by atoms with Gasteiger partial charge in [0.25, 0.3) is 5.91 Å². The molecule has 28 heavy (non-hydrogen) atoms. The molecule has 1 amide bonds. The number of nitrogens with one attached hydrogen (secondary N) is 1. The van der Waals surface area contributed by atoms with Crippen LogP contribution in [0.2, 0.25) is 0 Å².